The van der Waals surface area contributed by atoms with Crippen molar-refractivity contribution in [2.24, 2.45) is 11.8 Å². The number of aliphatic hydroxyl groups is 1. The summed E-state index contributed by atoms with van der Waals surface area (Å²) >= 11 is 0. The topological polar surface area (TPSA) is 40.5 Å². The van der Waals surface area contributed by atoms with Crippen molar-refractivity contribution in [3.05, 3.63) is 11.6 Å². The molecule has 0 bridgehead atoms. The molecule has 0 aromatic heterocycles. The Bertz CT molecular complexity index is 419. The van der Waals surface area contributed by atoms with E-state index in [1.165, 1.54) is 38.5 Å². The van der Waals surface area contributed by atoms with Crippen molar-refractivity contribution >= 4 is 6.29 Å². The Balaban J connectivity index is 1.87. The molecule has 21 heavy (non-hydrogen) atoms. The maximum Gasteiger partial charge on any atom is 0.147 e. The summed E-state index contributed by atoms with van der Waals surface area (Å²) < 4.78 is 0. The summed E-state index contributed by atoms with van der Waals surface area (Å²) in [6.07, 6.45) is 13.0. The van der Waals surface area contributed by atoms with Crippen LogP contribution in [0.2, 0.25) is 0 Å². The molecule has 3 rings (SSSR count). The zero-order valence-corrected chi connectivity index (χ0v) is 13.3. The zero-order valence-electron chi connectivity index (χ0n) is 13.3. The van der Waals surface area contributed by atoms with Crippen LogP contribution < -0.4 is 0 Å². The van der Waals surface area contributed by atoms with Gasteiger partial charge in [-0.3, -0.25) is 9.69 Å². The maximum absolute atomic E-state index is 11.2. The number of carbonyl (C=O) groups excluding carboxylic acids is 1. The van der Waals surface area contributed by atoms with Gasteiger partial charge in [-0.25, -0.2) is 0 Å². The lowest BCUT2D eigenvalue weighted by atomic mass is 9.69. The highest BCUT2D eigenvalue weighted by Crippen LogP contribution is 2.52. The van der Waals surface area contributed by atoms with Gasteiger partial charge in [0.25, 0.3) is 0 Å². The minimum Gasteiger partial charge on any atom is -0.396 e. The predicted molar refractivity (Wildman–Crippen MR) is 84.0 cm³/mol. The van der Waals surface area contributed by atoms with Gasteiger partial charge in [0.1, 0.15) is 6.29 Å². The standard InChI is InChI=1S/C18H29NO2/c1-14(8-11-20)17-5-3-10-18(17)9-2-4-16-7-6-15(13-21)12-19(16)18/h6,13-14,16-17,20H,2-5,7-12H2,1H3/t14-,16+,17+,18+/m0/s1. The van der Waals surface area contributed by atoms with Gasteiger partial charge in [0.05, 0.1) is 0 Å². The zero-order chi connectivity index (χ0) is 14.9. The number of piperidine rings is 1. The second-order valence-electron chi connectivity index (χ2n) is 7.40. The molecular formula is C18H29NO2. The van der Waals surface area contributed by atoms with Crippen LogP contribution in [0.1, 0.15) is 58.3 Å². The van der Waals surface area contributed by atoms with E-state index in [0.717, 1.165) is 31.2 Å². The van der Waals surface area contributed by atoms with Crippen LogP contribution in [0, 0.1) is 11.8 Å². The number of fused-ring (bicyclic) bond motifs is 2. The molecule has 2 heterocycles. The Hall–Kier alpha value is -0.670. The summed E-state index contributed by atoms with van der Waals surface area (Å²) in [5, 5.41) is 9.33. The van der Waals surface area contributed by atoms with Crippen molar-refractivity contribution in [3.63, 3.8) is 0 Å². The van der Waals surface area contributed by atoms with Crippen LogP contribution >= 0.6 is 0 Å². The molecule has 0 unspecified atom stereocenters. The molecule has 2 fully saturated rings. The highest BCUT2D eigenvalue weighted by atomic mass is 16.3. The molecule has 0 aromatic rings. The van der Waals surface area contributed by atoms with E-state index >= 15 is 0 Å². The Morgan fingerprint density at radius 3 is 2.90 bits per heavy atom. The van der Waals surface area contributed by atoms with Gasteiger partial charge >= 0.3 is 0 Å². The van der Waals surface area contributed by atoms with E-state index in [-0.39, 0.29) is 0 Å². The van der Waals surface area contributed by atoms with Gasteiger partial charge in [-0.1, -0.05) is 25.8 Å². The summed E-state index contributed by atoms with van der Waals surface area (Å²) in [6, 6.07) is 0.643. The van der Waals surface area contributed by atoms with Crippen molar-refractivity contribution in [1.29, 1.82) is 0 Å². The number of nitrogens with zero attached hydrogens (tertiary/aromatic N) is 1. The van der Waals surface area contributed by atoms with E-state index in [2.05, 4.69) is 17.9 Å². The lowest BCUT2D eigenvalue weighted by Gasteiger charge is -2.55. The van der Waals surface area contributed by atoms with Crippen LogP contribution in [-0.2, 0) is 4.79 Å². The third-order valence-corrected chi connectivity index (χ3v) is 6.40. The van der Waals surface area contributed by atoms with Crippen molar-refractivity contribution in [1.82, 2.24) is 4.90 Å². The second kappa shape index (κ2) is 6.21. The molecule has 1 N–H and O–H groups in total. The number of aliphatic hydroxyl groups excluding tert-OH is 1. The van der Waals surface area contributed by atoms with E-state index in [1.807, 2.05) is 0 Å². The Labute approximate surface area is 128 Å². The van der Waals surface area contributed by atoms with Crippen LogP contribution in [-0.4, -0.2) is 41.0 Å². The molecule has 118 valence electrons. The molecule has 3 nitrogen and oxygen atoms in total. The first-order valence-electron chi connectivity index (χ1n) is 8.73. The van der Waals surface area contributed by atoms with E-state index in [1.54, 1.807) is 0 Å². The maximum atomic E-state index is 11.2. The molecule has 3 heteroatoms. The third kappa shape index (κ3) is 2.59. The summed E-state index contributed by atoms with van der Waals surface area (Å²) in [5.41, 5.74) is 1.29. The van der Waals surface area contributed by atoms with Crippen LogP contribution in [0.5, 0.6) is 0 Å². The smallest absolute Gasteiger partial charge is 0.147 e. The van der Waals surface area contributed by atoms with Crippen LogP contribution in [0.25, 0.3) is 0 Å². The Morgan fingerprint density at radius 1 is 1.43 bits per heavy atom. The summed E-state index contributed by atoms with van der Waals surface area (Å²) in [4.78, 5) is 13.9. The van der Waals surface area contributed by atoms with Gasteiger partial charge in [-0.15, -0.1) is 0 Å². The lowest BCUT2D eigenvalue weighted by molar-refractivity contribution is -0.106. The van der Waals surface area contributed by atoms with Gasteiger partial charge in [0.2, 0.25) is 0 Å². The largest absolute Gasteiger partial charge is 0.396 e. The normalized spacial score (nSPS) is 38.1. The van der Waals surface area contributed by atoms with Crippen LogP contribution in [0.3, 0.4) is 0 Å². The summed E-state index contributed by atoms with van der Waals surface area (Å²) in [6.45, 7) is 3.48. The minimum atomic E-state index is 0.302. The average molecular weight is 291 g/mol. The first-order chi connectivity index (χ1) is 10.2. The van der Waals surface area contributed by atoms with E-state index in [4.69, 9.17) is 0 Å². The van der Waals surface area contributed by atoms with E-state index in [0.29, 0.717) is 30.0 Å². The molecule has 4 atom stereocenters. The highest BCUT2D eigenvalue weighted by molar-refractivity contribution is 5.74. The number of hydrogen-bond acceptors (Lipinski definition) is 3. The number of hydrogen-bond donors (Lipinski definition) is 1. The molecule has 0 radical (unpaired) electrons. The molecule has 3 aliphatic rings. The minimum absolute atomic E-state index is 0.302. The second-order valence-corrected chi connectivity index (χ2v) is 7.40. The van der Waals surface area contributed by atoms with Crippen molar-refractivity contribution in [2.75, 3.05) is 13.2 Å². The molecule has 2 aliphatic heterocycles. The predicted octanol–water partition coefficient (Wildman–Crippen LogP) is 2.93. The fraction of sp³-hybridized carbons (Fsp3) is 0.833. The van der Waals surface area contributed by atoms with Crippen molar-refractivity contribution < 1.29 is 9.90 Å². The number of carbonyl (C=O) groups is 1. The molecule has 0 amide bonds. The fourth-order valence-corrected chi connectivity index (χ4v) is 5.44. The quantitative estimate of drug-likeness (QED) is 0.810. The van der Waals surface area contributed by atoms with Crippen LogP contribution in [0.4, 0.5) is 0 Å². The van der Waals surface area contributed by atoms with Crippen molar-refractivity contribution in [3.8, 4) is 0 Å². The third-order valence-electron chi connectivity index (χ3n) is 6.40. The first kappa shape index (κ1) is 15.2. The van der Waals surface area contributed by atoms with Crippen LogP contribution in [0.15, 0.2) is 11.6 Å². The summed E-state index contributed by atoms with van der Waals surface area (Å²) in [5.74, 6) is 1.28. The lowest BCUT2D eigenvalue weighted by Crippen LogP contribution is -2.61. The average Bonchev–Trinajstić information content (AvgIpc) is 2.92. The molecule has 0 aromatic carbocycles. The molecule has 1 spiro atoms. The van der Waals surface area contributed by atoms with E-state index < -0.39 is 0 Å². The number of rotatable bonds is 4. The molecule has 1 aliphatic carbocycles. The summed E-state index contributed by atoms with van der Waals surface area (Å²) in [7, 11) is 0. The molecule has 1 saturated heterocycles. The highest BCUT2D eigenvalue weighted by Gasteiger charge is 2.52. The number of aldehydes is 1. The van der Waals surface area contributed by atoms with Gasteiger partial charge in [0, 0.05) is 30.3 Å². The van der Waals surface area contributed by atoms with E-state index in [9.17, 15) is 9.90 Å². The van der Waals surface area contributed by atoms with Gasteiger partial charge in [0.15, 0.2) is 0 Å². The van der Waals surface area contributed by atoms with Gasteiger partial charge < -0.3 is 5.11 Å². The molecular weight excluding hydrogens is 262 g/mol. The Kier molecular flexibility index (Phi) is 4.51. The van der Waals surface area contributed by atoms with Gasteiger partial charge in [-0.2, -0.15) is 0 Å². The monoisotopic (exact) mass is 291 g/mol. The fourth-order valence-electron chi connectivity index (χ4n) is 5.44. The van der Waals surface area contributed by atoms with Crippen molar-refractivity contribution in [2.45, 2.75) is 69.9 Å². The Morgan fingerprint density at radius 2 is 2.19 bits per heavy atom. The first-order valence-corrected chi connectivity index (χ1v) is 8.73. The van der Waals surface area contributed by atoms with Gasteiger partial charge in [-0.05, 0) is 50.4 Å². The molecule has 1 saturated carbocycles. The SMILES string of the molecule is C[C@@H](CCO)[C@H]1CCC[C@]12CCC[C@@H]1CC=C(C=O)CN12.